The molecule has 1 aromatic carbocycles. The number of carbonyl (C=O) groups is 4. The molecule has 0 spiro atoms. The van der Waals surface area contributed by atoms with E-state index in [0.29, 0.717) is 24.0 Å². The number of nitrogens with zero attached hydrogens (tertiary/aromatic N) is 5. The summed E-state index contributed by atoms with van der Waals surface area (Å²) in [5, 5.41) is 19.1. The molecule has 2 aromatic heterocycles. The maximum atomic E-state index is 14.1. The second-order valence-electron chi connectivity index (χ2n) is 10.3. The first-order valence-electron chi connectivity index (χ1n) is 13.7. The number of fused-ring (bicyclic) bond motifs is 1. The minimum atomic E-state index is -1.05. The van der Waals surface area contributed by atoms with Crippen LogP contribution in [0.15, 0.2) is 48.7 Å². The highest BCUT2D eigenvalue weighted by atomic mass is 16.5. The Morgan fingerprint density at radius 3 is 2.66 bits per heavy atom. The topological polar surface area (TPSA) is 172 Å². The number of amides is 3. The summed E-state index contributed by atoms with van der Waals surface area (Å²) < 4.78 is 5.39. The third-order valence-corrected chi connectivity index (χ3v) is 7.38. The molecule has 3 amide bonds. The van der Waals surface area contributed by atoms with Gasteiger partial charge < -0.3 is 15.4 Å². The molecule has 1 fully saturated rings. The lowest BCUT2D eigenvalue weighted by molar-refractivity contribution is -0.145. The zero-order chi connectivity index (χ0) is 28.6. The van der Waals surface area contributed by atoms with Crippen LogP contribution in [-0.4, -0.2) is 61.4 Å². The van der Waals surface area contributed by atoms with Gasteiger partial charge in [0.1, 0.15) is 24.5 Å². The van der Waals surface area contributed by atoms with Crippen molar-refractivity contribution in [2.75, 3.05) is 4.90 Å². The first kappa shape index (κ1) is 27.9. The Bertz CT molecular complexity index is 1360. The van der Waals surface area contributed by atoms with E-state index in [-0.39, 0.29) is 38.3 Å². The van der Waals surface area contributed by atoms with Crippen LogP contribution in [0.1, 0.15) is 55.5 Å². The van der Waals surface area contributed by atoms with Crippen molar-refractivity contribution in [3.05, 3.63) is 65.6 Å². The van der Waals surface area contributed by atoms with Gasteiger partial charge in [-0.15, -0.1) is 10.2 Å². The summed E-state index contributed by atoms with van der Waals surface area (Å²) in [6, 6.07) is 10.9. The van der Waals surface area contributed by atoms with Gasteiger partial charge in [-0.3, -0.25) is 24.1 Å². The molecule has 0 unspecified atom stereocenters. The fourth-order valence-electron chi connectivity index (χ4n) is 4.97. The Morgan fingerprint density at radius 1 is 1.10 bits per heavy atom. The highest BCUT2D eigenvalue weighted by molar-refractivity contribution is 6.06. The molecule has 13 heteroatoms. The molecule has 214 valence electrons. The van der Waals surface area contributed by atoms with Gasteiger partial charge in [-0.25, -0.2) is 4.98 Å². The quantitative estimate of drug-likeness (QED) is 0.277. The standard InChI is InChI=1S/C28H32N8O5/c37-24(14-18-8-4-9-18)31-21(11-12-25(38)41-17-19-6-2-1-3-7-19)28(40)36-22(15-20-10-5-13-29-26(20)36)27(39)30-16-23-32-34-35-33-23/h1-3,5-7,10,13,18,21-22H,4,8-9,11-12,14-17H2,(H,30,39)(H,31,37)(H,32,33,34,35)/t21-,22-/m0/s1. The third kappa shape index (κ3) is 7.10. The lowest BCUT2D eigenvalue weighted by Gasteiger charge is -2.30. The molecule has 0 saturated heterocycles. The molecular weight excluding hydrogens is 528 g/mol. The Balaban J connectivity index is 1.30. The van der Waals surface area contributed by atoms with Gasteiger partial charge in [-0.05, 0) is 42.4 Å². The van der Waals surface area contributed by atoms with E-state index in [1.54, 1.807) is 18.3 Å². The number of ether oxygens (including phenoxy) is 1. The van der Waals surface area contributed by atoms with Gasteiger partial charge >= 0.3 is 5.97 Å². The van der Waals surface area contributed by atoms with Crippen molar-refractivity contribution in [2.24, 2.45) is 5.92 Å². The highest BCUT2D eigenvalue weighted by Crippen LogP contribution is 2.32. The molecule has 0 radical (unpaired) electrons. The van der Waals surface area contributed by atoms with Gasteiger partial charge in [0.2, 0.25) is 11.8 Å². The lowest BCUT2D eigenvalue weighted by Crippen LogP contribution is -2.55. The Hall–Kier alpha value is -4.68. The molecule has 13 nitrogen and oxygen atoms in total. The number of nitrogens with one attached hydrogen (secondary N) is 3. The van der Waals surface area contributed by atoms with Crippen LogP contribution in [0.4, 0.5) is 5.82 Å². The van der Waals surface area contributed by atoms with Crippen molar-refractivity contribution in [1.82, 2.24) is 36.2 Å². The van der Waals surface area contributed by atoms with Crippen LogP contribution in [-0.2, 0) is 43.5 Å². The number of hydrogen-bond acceptors (Lipinski definition) is 9. The molecule has 2 aliphatic rings. The largest absolute Gasteiger partial charge is 0.461 e. The molecule has 0 bridgehead atoms. The van der Waals surface area contributed by atoms with E-state index in [1.165, 1.54) is 4.90 Å². The van der Waals surface area contributed by atoms with Gasteiger partial charge in [0.25, 0.3) is 5.91 Å². The maximum absolute atomic E-state index is 14.1. The van der Waals surface area contributed by atoms with E-state index in [9.17, 15) is 19.2 Å². The number of tetrazole rings is 1. The van der Waals surface area contributed by atoms with Gasteiger partial charge in [0, 0.05) is 25.5 Å². The van der Waals surface area contributed by atoms with Crippen molar-refractivity contribution < 1.29 is 23.9 Å². The second-order valence-corrected chi connectivity index (χ2v) is 10.3. The predicted molar refractivity (Wildman–Crippen MR) is 145 cm³/mol. The highest BCUT2D eigenvalue weighted by Gasteiger charge is 2.42. The van der Waals surface area contributed by atoms with Crippen LogP contribution >= 0.6 is 0 Å². The molecule has 1 saturated carbocycles. The van der Waals surface area contributed by atoms with E-state index in [2.05, 4.69) is 36.2 Å². The Labute approximate surface area is 236 Å². The summed E-state index contributed by atoms with van der Waals surface area (Å²) in [6.45, 7) is 0.130. The normalized spacial score (nSPS) is 16.8. The number of aromatic nitrogens is 5. The molecule has 3 N–H and O–H groups in total. The van der Waals surface area contributed by atoms with Gasteiger partial charge in [-0.2, -0.15) is 5.21 Å². The van der Waals surface area contributed by atoms with Gasteiger partial charge in [0.15, 0.2) is 5.82 Å². The number of hydrogen-bond donors (Lipinski definition) is 3. The van der Waals surface area contributed by atoms with E-state index >= 15 is 0 Å². The molecule has 3 aromatic rings. The minimum Gasteiger partial charge on any atom is -0.461 e. The van der Waals surface area contributed by atoms with Crippen molar-refractivity contribution >= 4 is 29.5 Å². The molecular formula is C28H32N8O5. The van der Waals surface area contributed by atoms with Crippen LogP contribution in [0.3, 0.4) is 0 Å². The number of aromatic amines is 1. The number of benzene rings is 1. The Morgan fingerprint density at radius 2 is 1.93 bits per heavy atom. The summed E-state index contributed by atoms with van der Waals surface area (Å²) in [7, 11) is 0. The van der Waals surface area contributed by atoms with Crippen LogP contribution in [0.2, 0.25) is 0 Å². The summed E-state index contributed by atoms with van der Waals surface area (Å²) in [4.78, 5) is 58.5. The SMILES string of the molecule is O=C(CC1CCC1)N[C@@H](CCC(=O)OCc1ccccc1)C(=O)N1c2ncccc2C[C@H]1C(=O)NCc1nn[nH]n1. The molecule has 5 rings (SSSR count). The average Bonchev–Trinajstić information content (AvgIpc) is 3.63. The van der Waals surface area contributed by atoms with E-state index in [4.69, 9.17) is 4.74 Å². The summed E-state index contributed by atoms with van der Waals surface area (Å²) in [5.74, 6) is -0.761. The van der Waals surface area contributed by atoms with Crippen LogP contribution in [0.25, 0.3) is 0 Å². The van der Waals surface area contributed by atoms with Gasteiger partial charge in [0.05, 0.1) is 6.54 Å². The van der Waals surface area contributed by atoms with E-state index in [1.807, 2.05) is 30.3 Å². The van der Waals surface area contributed by atoms with Crippen LogP contribution in [0, 0.1) is 5.92 Å². The molecule has 1 aliphatic heterocycles. The second kappa shape index (κ2) is 13.1. The zero-order valence-corrected chi connectivity index (χ0v) is 22.5. The molecule has 2 atom stereocenters. The molecule has 1 aliphatic carbocycles. The van der Waals surface area contributed by atoms with Crippen LogP contribution < -0.4 is 15.5 Å². The number of H-pyrrole nitrogens is 1. The summed E-state index contributed by atoms with van der Waals surface area (Å²) >= 11 is 0. The van der Waals surface area contributed by atoms with E-state index in [0.717, 1.165) is 30.4 Å². The average molecular weight is 561 g/mol. The minimum absolute atomic E-state index is 0.0126. The molecule has 41 heavy (non-hydrogen) atoms. The predicted octanol–water partition coefficient (Wildman–Crippen LogP) is 1.37. The van der Waals surface area contributed by atoms with E-state index < -0.39 is 29.9 Å². The summed E-state index contributed by atoms with van der Waals surface area (Å²) in [5.41, 5.74) is 1.57. The molecule has 3 heterocycles. The number of pyridine rings is 1. The van der Waals surface area contributed by atoms with Crippen LogP contribution in [0.5, 0.6) is 0 Å². The maximum Gasteiger partial charge on any atom is 0.306 e. The van der Waals surface area contributed by atoms with Crippen molar-refractivity contribution in [3.63, 3.8) is 0 Å². The third-order valence-electron chi connectivity index (χ3n) is 7.38. The van der Waals surface area contributed by atoms with Crippen molar-refractivity contribution in [1.29, 1.82) is 0 Å². The number of esters is 1. The zero-order valence-electron chi connectivity index (χ0n) is 22.5. The first-order valence-corrected chi connectivity index (χ1v) is 13.7. The number of anilines is 1. The first-order chi connectivity index (χ1) is 20.0. The number of rotatable bonds is 12. The number of carbonyl (C=O) groups excluding carboxylic acids is 4. The summed E-state index contributed by atoms with van der Waals surface area (Å²) in [6.07, 6.45) is 5.06. The van der Waals surface area contributed by atoms with Crippen molar-refractivity contribution in [3.8, 4) is 0 Å². The van der Waals surface area contributed by atoms with Gasteiger partial charge in [-0.1, -0.05) is 48.0 Å². The fraction of sp³-hybridized carbons (Fsp3) is 0.429. The lowest BCUT2D eigenvalue weighted by atomic mass is 9.83. The fourth-order valence-corrected chi connectivity index (χ4v) is 4.97. The Kier molecular flexibility index (Phi) is 8.92. The smallest absolute Gasteiger partial charge is 0.306 e. The van der Waals surface area contributed by atoms with Crippen molar-refractivity contribution in [2.45, 2.75) is 70.2 Å². The monoisotopic (exact) mass is 560 g/mol.